The quantitative estimate of drug-likeness (QED) is 0.801. The van der Waals surface area contributed by atoms with Gasteiger partial charge in [-0.05, 0) is 42.3 Å². The normalized spacial score (nSPS) is 11.9. The zero-order valence-electron chi connectivity index (χ0n) is 11.1. The van der Waals surface area contributed by atoms with Crippen molar-refractivity contribution in [3.05, 3.63) is 68.6 Å². The number of halogens is 2. The van der Waals surface area contributed by atoms with Gasteiger partial charge in [0.15, 0.2) is 0 Å². The highest BCUT2D eigenvalue weighted by Gasteiger charge is 2.10. The van der Waals surface area contributed by atoms with Crippen LogP contribution in [0.25, 0.3) is 0 Å². The van der Waals surface area contributed by atoms with Crippen molar-refractivity contribution in [2.75, 3.05) is 0 Å². The third-order valence-corrected chi connectivity index (χ3v) is 4.08. The summed E-state index contributed by atoms with van der Waals surface area (Å²) >= 11 is 6.79. The van der Waals surface area contributed by atoms with Crippen molar-refractivity contribution in [3.8, 4) is 0 Å². The van der Waals surface area contributed by atoms with Crippen molar-refractivity contribution in [2.45, 2.75) is 19.4 Å². The van der Waals surface area contributed by atoms with E-state index >= 15 is 0 Å². The second-order valence-electron chi connectivity index (χ2n) is 4.64. The zero-order chi connectivity index (χ0) is 14.5. The van der Waals surface area contributed by atoms with Crippen molar-refractivity contribution in [2.24, 2.45) is 0 Å². The number of nitrogens with one attached hydrogen (secondary N) is 1. The van der Waals surface area contributed by atoms with Gasteiger partial charge >= 0.3 is 0 Å². The van der Waals surface area contributed by atoms with E-state index in [0.29, 0.717) is 6.42 Å². The third-order valence-electron chi connectivity index (χ3n) is 3.03. The first-order valence-corrected chi connectivity index (χ1v) is 7.92. The molecule has 0 fully saturated rings. The van der Waals surface area contributed by atoms with Gasteiger partial charge in [0, 0.05) is 8.95 Å². The molecule has 2 nitrogen and oxygen atoms in total. The SMILES string of the molecule is CC(NC(=O)Cc1ccc(Br)cc1)c1ccc(Br)cc1. The average Bonchev–Trinajstić information content (AvgIpc) is 2.42. The van der Waals surface area contributed by atoms with E-state index in [9.17, 15) is 4.79 Å². The Balaban J connectivity index is 1.93. The molecule has 20 heavy (non-hydrogen) atoms. The molecule has 2 aromatic carbocycles. The molecule has 0 bridgehead atoms. The fourth-order valence-corrected chi connectivity index (χ4v) is 2.44. The van der Waals surface area contributed by atoms with Gasteiger partial charge in [0.1, 0.15) is 0 Å². The molecule has 104 valence electrons. The molecule has 0 radical (unpaired) electrons. The minimum atomic E-state index is 0.00560. The first kappa shape index (κ1) is 15.3. The molecule has 1 unspecified atom stereocenters. The van der Waals surface area contributed by atoms with E-state index in [2.05, 4.69) is 37.2 Å². The number of carbonyl (C=O) groups is 1. The molecule has 2 aromatic rings. The van der Waals surface area contributed by atoms with Crippen LogP contribution in [0.4, 0.5) is 0 Å². The van der Waals surface area contributed by atoms with Crippen LogP contribution in [0.15, 0.2) is 57.5 Å². The lowest BCUT2D eigenvalue weighted by atomic mass is 10.1. The molecule has 0 aromatic heterocycles. The van der Waals surface area contributed by atoms with Gasteiger partial charge in [-0.2, -0.15) is 0 Å². The van der Waals surface area contributed by atoms with E-state index in [1.54, 1.807) is 0 Å². The number of hydrogen-bond donors (Lipinski definition) is 1. The Morgan fingerprint density at radius 2 is 1.50 bits per heavy atom. The van der Waals surface area contributed by atoms with Crippen molar-refractivity contribution in [1.29, 1.82) is 0 Å². The van der Waals surface area contributed by atoms with Crippen LogP contribution >= 0.6 is 31.9 Å². The molecule has 0 heterocycles. The summed E-state index contributed by atoms with van der Waals surface area (Å²) in [5.74, 6) is 0.0303. The number of rotatable bonds is 4. The van der Waals surface area contributed by atoms with Crippen LogP contribution in [0.2, 0.25) is 0 Å². The third kappa shape index (κ3) is 4.46. The summed E-state index contributed by atoms with van der Waals surface area (Å²) in [6.45, 7) is 1.99. The summed E-state index contributed by atoms with van der Waals surface area (Å²) in [6.07, 6.45) is 0.397. The maximum atomic E-state index is 12.0. The largest absolute Gasteiger partial charge is 0.349 e. The molecule has 0 saturated heterocycles. The fourth-order valence-electron chi connectivity index (χ4n) is 1.91. The predicted molar refractivity (Wildman–Crippen MR) is 88.5 cm³/mol. The van der Waals surface area contributed by atoms with Crippen LogP contribution in [0.3, 0.4) is 0 Å². The molecular weight excluding hydrogens is 382 g/mol. The summed E-state index contributed by atoms with van der Waals surface area (Å²) in [6, 6.07) is 15.8. The van der Waals surface area contributed by atoms with E-state index < -0.39 is 0 Å². The molecule has 4 heteroatoms. The minimum absolute atomic E-state index is 0.00560. The molecule has 1 N–H and O–H groups in total. The van der Waals surface area contributed by atoms with Crippen molar-refractivity contribution in [3.63, 3.8) is 0 Å². The first-order chi connectivity index (χ1) is 9.54. The molecule has 2 rings (SSSR count). The number of amides is 1. The number of hydrogen-bond acceptors (Lipinski definition) is 1. The minimum Gasteiger partial charge on any atom is -0.349 e. The van der Waals surface area contributed by atoms with E-state index in [1.807, 2.05) is 55.5 Å². The Morgan fingerprint density at radius 1 is 1.00 bits per heavy atom. The fraction of sp³-hybridized carbons (Fsp3) is 0.188. The van der Waals surface area contributed by atoms with Gasteiger partial charge in [-0.15, -0.1) is 0 Å². The van der Waals surface area contributed by atoms with Gasteiger partial charge in [-0.1, -0.05) is 56.1 Å². The maximum absolute atomic E-state index is 12.0. The molecule has 1 atom stereocenters. The van der Waals surface area contributed by atoms with E-state index in [0.717, 1.165) is 20.1 Å². The second-order valence-corrected chi connectivity index (χ2v) is 6.48. The molecular formula is C16H15Br2NO. The van der Waals surface area contributed by atoms with E-state index in [-0.39, 0.29) is 11.9 Å². The van der Waals surface area contributed by atoms with Gasteiger partial charge in [-0.25, -0.2) is 0 Å². The highest BCUT2D eigenvalue weighted by atomic mass is 79.9. The van der Waals surface area contributed by atoms with Gasteiger partial charge in [0.2, 0.25) is 5.91 Å². The van der Waals surface area contributed by atoms with Gasteiger partial charge in [0.25, 0.3) is 0 Å². The Kier molecular flexibility index (Phi) is 5.38. The molecule has 0 saturated carbocycles. The smallest absolute Gasteiger partial charge is 0.224 e. The van der Waals surface area contributed by atoms with Gasteiger partial charge in [-0.3, -0.25) is 4.79 Å². The Bertz CT molecular complexity index is 578. The van der Waals surface area contributed by atoms with Crippen LogP contribution in [-0.4, -0.2) is 5.91 Å². The lowest BCUT2D eigenvalue weighted by Crippen LogP contribution is -2.28. The first-order valence-electron chi connectivity index (χ1n) is 6.34. The summed E-state index contributed by atoms with van der Waals surface area (Å²) in [5.41, 5.74) is 2.10. The topological polar surface area (TPSA) is 29.1 Å². The highest BCUT2D eigenvalue weighted by molar-refractivity contribution is 9.10. The van der Waals surface area contributed by atoms with Crippen LogP contribution in [0.1, 0.15) is 24.1 Å². The molecule has 0 spiro atoms. The zero-order valence-corrected chi connectivity index (χ0v) is 14.2. The lowest BCUT2D eigenvalue weighted by Gasteiger charge is -2.14. The van der Waals surface area contributed by atoms with E-state index in [1.165, 1.54) is 0 Å². The summed E-state index contributed by atoms with van der Waals surface area (Å²) in [5, 5.41) is 3.01. The average molecular weight is 397 g/mol. The van der Waals surface area contributed by atoms with Crippen LogP contribution in [-0.2, 0) is 11.2 Å². The van der Waals surface area contributed by atoms with Crippen molar-refractivity contribution in [1.82, 2.24) is 5.32 Å². The van der Waals surface area contributed by atoms with Crippen molar-refractivity contribution < 1.29 is 4.79 Å². The van der Waals surface area contributed by atoms with Crippen LogP contribution in [0, 0.1) is 0 Å². The number of benzene rings is 2. The highest BCUT2D eigenvalue weighted by Crippen LogP contribution is 2.17. The predicted octanol–water partition coefficient (Wildman–Crippen LogP) is 4.63. The van der Waals surface area contributed by atoms with Crippen LogP contribution in [0.5, 0.6) is 0 Å². The Hall–Kier alpha value is -1.13. The Labute approximate surface area is 135 Å². The lowest BCUT2D eigenvalue weighted by molar-refractivity contribution is -0.121. The maximum Gasteiger partial charge on any atom is 0.224 e. The van der Waals surface area contributed by atoms with Gasteiger partial charge in [0.05, 0.1) is 12.5 Å². The molecule has 0 aliphatic carbocycles. The van der Waals surface area contributed by atoms with Crippen molar-refractivity contribution >= 4 is 37.8 Å². The second kappa shape index (κ2) is 7.04. The number of carbonyl (C=O) groups excluding carboxylic acids is 1. The monoisotopic (exact) mass is 395 g/mol. The molecule has 0 aliphatic rings. The van der Waals surface area contributed by atoms with Gasteiger partial charge < -0.3 is 5.32 Å². The Morgan fingerprint density at radius 3 is 2.05 bits per heavy atom. The molecule has 0 aliphatic heterocycles. The summed E-state index contributed by atoms with van der Waals surface area (Å²) in [7, 11) is 0. The standard InChI is InChI=1S/C16H15Br2NO/c1-11(13-4-8-15(18)9-5-13)19-16(20)10-12-2-6-14(17)7-3-12/h2-9,11H,10H2,1H3,(H,19,20). The molecule has 1 amide bonds. The van der Waals surface area contributed by atoms with Crippen LogP contribution < -0.4 is 5.32 Å². The summed E-state index contributed by atoms with van der Waals surface area (Å²) in [4.78, 5) is 12.0. The van der Waals surface area contributed by atoms with E-state index in [4.69, 9.17) is 0 Å². The summed E-state index contributed by atoms with van der Waals surface area (Å²) < 4.78 is 2.06.